The lowest BCUT2D eigenvalue weighted by Crippen LogP contribution is -1.87. The minimum Gasteiger partial charge on any atom is -0.360 e. The molecule has 0 radical (unpaired) electrons. The third kappa shape index (κ3) is 1.11. The predicted molar refractivity (Wildman–Crippen MR) is 58.6 cm³/mol. The van der Waals surface area contributed by atoms with Crippen LogP contribution in [0.4, 0.5) is 0 Å². The maximum absolute atomic E-state index is 5.91. The first-order valence-corrected chi connectivity index (χ1v) is 4.94. The van der Waals surface area contributed by atoms with Crippen LogP contribution in [0.5, 0.6) is 0 Å². The van der Waals surface area contributed by atoms with Crippen LogP contribution in [0.1, 0.15) is 5.69 Å². The summed E-state index contributed by atoms with van der Waals surface area (Å²) in [6.07, 6.45) is 1.90. The normalized spacial score (nSPS) is 10.9. The van der Waals surface area contributed by atoms with Gasteiger partial charge in [-0.15, -0.1) is 0 Å². The molecule has 0 aliphatic heterocycles. The molecule has 2 aromatic heterocycles. The highest BCUT2D eigenvalue weighted by Crippen LogP contribution is 2.26. The van der Waals surface area contributed by atoms with E-state index < -0.39 is 0 Å². The molecule has 1 N–H and O–H groups in total. The summed E-state index contributed by atoms with van der Waals surface area (Å²) < 4.78 is 0.986. The number of pyridine rings is 1. The van der Waals surface area contributed by atoms with Crippen LogP contribution in [0.2, 0.25) is 5.15 Å². The van der Waals surface area contributed by atoms with Crippen LogP contribution in [0.3, 0.4) is 0 Å². The van der Waals surface area contributed by atoms with E-state index in [1.165, 1.54) is 0 Å². The van der Waals surface area contributed by atoms with Crippen molar-refractivity contribution in [2.24, 2.45) is 0 Å². The van der Waals surface area contributed by atoms with Crippen LogP contribution >= 0.6 is 34.2 Å². The fourth-order valence-corrected chi connectivity index (χ4v) is 2.00. The van der Waals surface area contributed by atoms with Crippen molar-refractivity contribution in [2.45, 2.75) is 6.92 Å². The Bertz CT molecular complexity index is 436. The van der Waals surface area contributed by atoms with Gasteiger partial charge in [0.2, 0.25) is 0 Å². The van der Waals surface area contributed by atoms with Crippen molar-refractivity contribution in [3.8, 4) is 0 Å². The molecule has 0 amide bonds. The molecule has 0 unspecified atom stereocenters. The van der Waals surface area contributed by atoms with Crippen molar-refractivity contribution in [2.75, 3.05) is 0 Å². The molecule has 0 aromatic carbocycles. The Balaban J connectivity index is 2.97. The predicted octanol–water partition coefficient (Wildman–Crippen LogP) is 3.13. The summed E-state index contributed by atoms with van der Waals surface area (Å²) in [6.45, 7) is 1.96. The number of rotatable bonds is 0. The second-order valence-corrected chi connectivity index (χ2v) is 4.01. The topological polar surface area (TPSA) is 28.7 Å². The zero-order valence-corrected chi connectivity index (χ0v) is 9.27. The number of halogens is 2. The minimum absolute atomic E-state index is 0.572. The molecular formula is C8H6ClIN2. The average Bonchev–Trinajstić information content (AvgIpc) is 2.48. The summed E-state index contributed by atoms with van der Waals surface area (Å²) in [5.41, 5.74) is 2.05. The molecule has 0 aliphatic rings. The van der Waals surface area contributed by atoms with Gasteiger partial charge in [-0.05, 0) is 35.6 Å². The van der Waals surface area contributed by atoms with Crippen molar-refractivity contribution < 1.29 is 0 Å². The molecule has 2 nitrogen and oxygen atoms in total. The van der Waals surface area contributed by atoms with Crippen molar-refractivity contribution in [1.29, 1.82) is 0 Å². The van der Waals surface area contributed by atoms with E-state index in [2.05, 4.69) is 32.6 Å². The van der Waals surface area contributed by atoms with Crippen molar-refractivity contribution in [3.05, 3.63) is 26.7 Å². The molecule has 0 atom stereocenters. The molecule has 4 heteroatoms. The number of nitrogens with one attached hydrogen (secondary N) is 1. The van der Waals surface area contributed by atoms with Gasteiger partial charge in [-0.25, -0.2) is 4.98 Å². The Morgan fingerprint density at radius 2 is 2.33 bits per heavy atom. The third-order valence-corrected chi connectivity index (χ3v) is 3.45. The maximum atomic E-state index is 5.91. The van der Waals surface area contributed by atoms with E-state index in [9.17, 15) is 0 Å². The van der Waals surface area contributed by atoms with Gasteiger partial charge in [0.25, 0.3) is 0 Å². The summed E-state index contributed by atoms with van der Waals surface area (Å²) in [5, 5.41) is 1.71. The van der Waals surface area contributed by atoms with Crippen LogP contribution in [-0.4, -0.2) is 9.97 Å². The number of fused-ring (bicyclic) bond motifs is 1. The fourth-order valence-electron chi connectivity index (χ4n) is 1.21. The summed E-state index contributed by atoms with van der Waals surface area (Å²) in [7, 11) is 0. The summed E-state index contributed by atoms with van der Waals surface area (Å²) in [4.78, 5) is 7.35. The van der Waals surface area contributed by atoms with E-state index in [-0.39, 0.29) is 0 Å². The fraction of sp³-hybridized carbons (Fsp3) is 0.125. The molecule has 62 valence electrons. The van der Waals surface area contributed by atoms with Gasteiger partial charge >= 0.3 is 0 Å². The second kappa shape index (κ2) is 2.88. The van der Waals surface area contributed by atoms with Gasteiger partial charge in [0.05, 0.1) is 9.09 Å². The van der Waals surface area contributed by atoms with Crippen LogP contribution in [0.15, 0.2) is 12.3 Å². The van der Waals surface area contributed by atoms with Gasteiger partial charge in [0, 0.05) is 17.3 Å². The Morgan fingerprint density at radius 3 is 3.08 bits per heavy atom. The molecule has 0 fully saturated rings. The Hall–Kier alpha value is -0.290. The first-order chi connectivity index (χ1) is 5.70. The first-order valence-electron chi connectivity index (χ1n) is 3.49. The number of aromatic nitrogens is 2. The number of H-pyrrole nitrogens is 1. The van der Waals surface area contributed by atoms with E-state index in [0.717, 1.165) is 20.2 Å². The Morgan fingerprint density at radius 1 is 1.58 bits per heavy atom. The molecular weight excluding hydrogens is 286 g/mol. The van der Waals surface area contributed by atoms with E-state index >= 15 is 0 Å². The second-order valence-electron chi connectivity index (χ2n) is 2.57. The van der Waals surface area contributed by atoms with Crippen LogP contribution in [-0.2, 0) is 0 Å². The summed E-state index contributed by atoms with van der Waals surface area (Å²) in [5.74, 6) is 0. The largest absolute Gasteiger partial charge is 0.360 e. The molecule has 0 saturated heterocycles. The van der Waals surface area contributed by atoms with E-state index in [0.29, 0.717) is 5.15 Å². The summed E-state index contributed by atoms with van der Waals surface area (Å²) >= 11 is 8.10. The minimum atomic E-state index is 0.572. The van der Waals surface area contributed by atoms with Crippen molar-refractivity contribution in [3.63, 3.8) is 0 Å². The molecule has 0 bridgehead atoms. The summed E-state index contributed by atoms with van der Waals surface area (Å²) in [6, 6.07) is 2.01. The van der Waals surface area contributed by atoms with Gasteiger partial charge in [-0.3, -0.25) is 0 Å². The molecule has 2 rings (SSSR count). The maximum Gasteiger partial charge on any atom is 0.144 e. The lowest BCUT2D eigenvalue weighted by Gasteiger charge is -2.00. The lowest BCUT2D eigenvalue weighted by molar-refractivity contribution is 1.22. The third-order valence-electron chi connectivity index (χ3n) is 1.80. The molecule has 0 spiro atoms. The van der Waals surface area contributed by atoms with Crippen LogP contribution < -0.4 is 0 Å². The quantitative estimate of drug-likeness (QED) is 0.586. The highest BCUT2D eigenvalue weighted by molar-refractivity contribution is 14.1. The number of nitrogens with zero attached hydrogens (tertiary/aromatic N) is 1. The first kappa shape index (κ1) is 8.31. The smallest absolute Gasteiger partial charge is 0.144 e. The van der Waals surface area contributed by atoms with E-state index in [1.54, 1.807) is 0 Å². The van der Waals surface area contributed by atoms with Crippen LogP contribution in [0, 0.1) is 10.5 Å². The zero-order valence-electron chi connectivity index (χ0n) is 6.36. The monoisotopic (exact) mass is 292 g/mol. The van der Waals surface area contributed by atoms with Crippen LogP contribution in [0.25, 0.3) is 10.9 Å². The molecule has 12 heavy (non-hydrogen) atoms. The van der Waals surface area contributed by atoms with Gasteiger partial charge < -0.3 is 4.98 Å². The van der Waals surface area contributed by atoms with E-state index in [1.807, 2.05) is 19.2 Å². The van der Waals surface area contributed by atoms with E-state index in [4.69, 9.17) is 11.6 Å². The van der Waals surface area contributed by atoms with Gasteiger partial charge in [-0.1, -0.05) is 11.6 Å². The molecule has 0 aliphatic carbocycles. The molecule has 0 saturated carbocycles. The lowest BCUT2D eigenvalue weighted by atomic mass is 10.2. The molecule has 2 aromatic rings. The molecule has 2 heterocycles. The zero-order chi connectivity index (χ0) is 8.72. The van der Waals surface area contributed by atoms with Crippen molar-refractivity contribution >= 4 is 45.1 Å². The Labute approximate surface area is 88.5 Å². The highest BCUT2D eigenvalue weighted by atomic mass is 127. The Kier molecular flexibility index (Phi) is 2.00. The number of aryl methyl sites for hydroxylation is 1. The van der Waals surface area contributed by atoms with Gasteiger partial charge in [-0.2, -0.15) is 0 Å². The number of hydrogen-bond donors (Lipinski definition) is 1. The standard InChI is InChI=1S/C8H6ClIN2/c1-4-5-2-3-11-7(5)6(10)8(9)12-4/h2-3,11H,1H3. The SMILES string of the molecule is Cc1nc(Cl)c(I)c2[nH]ccc12. The van der Waals surface area contributed by atoms with Crippen molar-refractivity contribution in [1.82, 2.24) is 9.97 Å². The van der Waals surface area contributed by atoms with Gasteiger partial charge in [0.1, 0.15) is 5.15 Å². The number of aromatic amines is 1. The number of hydrogen-bond acceptors (Lipinski definition) is 1. The highest BCUT2D eigenvalue weighted by Gasteiger charge is 2.07. The van der Waals surface area contributed by atoms with Gasteiger partial charge in [0.15, 0.2) is 0 Å². The average molecular weight is 293 g/mol.